The first kappa shape index (κ1) is 25.1. The highest BCUT2D eigenvalue weighted by molar-refractivity contribution is 6.39. The zero-order valence-electron chi connectivity index (χ0n) is 19.8. The van der Waals surface area contributed by atoms with Crippen molar-refractivity contribution in [3.05, 3.63) is 86.0 Å². The summed E-state index contributed by atoms with van der Waals surface area (Å²) in [6, 6.07) is 13.5. The molecule has 9 nitrogen and oxygen atoms in total. The smallest absolute Gasteiger partial charge is 0.315 e. The number of carbonyl (C=O) groups is 2. The van der Waals surface area contributed by atoms with E-state index in [0.29, 0.717) is 38.2 Å². The van der Waals surface area contributed by atoms with Crippen LogP contribution in [-0.2, 0) is 6.54 Å². The van der Waals surface area contributed by atoms with Crippen molar-refractivity contribution < 1.29 is 19.4 Å². The maximum Gasteiger partial charge on any atom is 0.315 e. The summed E-state index contributed by atoms with van der Waals surface area (Å²) >= 11 is 12.6. The lowest BCUT2D eigenvalue weighted by molar-refractivity contribution is 0.0656. The first-order chi connectivity index (χ1) is 17.9. The van der Waals surface area contributed by atoms with E-state index in [4.69, 9.17) is 27.9 Å². The predicted molar refractivity (Wildman–Crippen MR) is 137 cm³/mol. The first-order valence-electron chi connectivity index (χ1n) is 11.9. The molecule has 1 unspecified atom stereocenters. The van der Waals surface area contributed by atoms with Crippen molar-refractivity contribution in [2.75, 3.05) is 26.2 Å². The normalized spacial score (nSPS) is 17.1. The van der Waals surface area contributed by atoms with E-state index in [2.05, 4.69) is 4.98 Å². The Morgan fingerprint density at radius 1 is 1.03 bits per heavy atom. The van der Waals surface area contributed by atoms with E-state index in [1.165, 1.54) is 4.90 Å². The number of carbonyl (C=O) groups excluding carboxylic acids is 2. The minimum Gasteiger partial charge on any atom is -0.501 e. The lowest BCUT2D eigenvalue weighted by atomic mass is 10.1. The largest absolute Gasteiger partial charge is 0.501 e. The molecular formula is C26H24Cl2N4O5. The summed E-state index contributed by atoms with van der Waals surface area (Å²) in [7, 11) is 0. The van der Waals surface area contributed by atoms with E-state index >= 15 is 0 Å². The van der Waals surface area contributed by atoms with Crippen LogP contribution in [0.25, 0.3) is 0 Å². The van der Waals surface area contributed by atoms with Gasteiger partial charge in [-0.3, -0.25) is 14.4 Å². The maximum absolute atomic E-state index is 13.4. The lowest BCUT2D eigenvalue weighted by Crippen LogP contribution is -2.46. The molecule has 1 N–H and O–H groups in total. The highest BCUT2D eigenvalue weighted by Gasteiger charge is 2.38. The third kappa shape index (κ3) is 4.76. The van der Waals surface area contributed by atoms with Crippen LogP contribution in [0.5, 0.6) is 11.5 Å². The molecule has 5 rings (SSSR count). The number of amides is 2. The van der Waals surface area contributed by atoms with Crippen molar-refractivity contribution in [2.45, 2.75) is 25.4 Å². The third-order valence-electron chi connectivity index (χ3n) is 6.63. The fourth-order valence-corrected chi connectivity index (χ4v) is 5.42. The van der Waals surface area contributed by atoms with Gasteiger partial charge in [0.05, 0.1) is 28.2 Å². The number of halogens is 2. The number of para-hydroxylation sites is 1. The molecule has 0 radical (unpaired) electrons. The van der Waals surface area contributed by atoms with Crippen molar-refractivity contribution in [1.82, 2.24) is 19.4 Å². The Kier molecular flexibility index (Phi) is 7.08. The van der Waals surface area contributed by atoms with Gasteiger partial charge in [-0.25, -0.2) is 0 Å². The highest BCUT2D eigenvalue weighted by Crippen LogP contribution is 2.36. The van der Waals surface area contributed by atoms with Gasteiger partial charge in [-0.05, 0) is 37.1 Å². The second kappa shape index (κ2) is 10.4. The molecule has 0 saturated carbocycles. The minimum atomic E-state index is -0.910. The topological polar surface area (TPSA) is 105 Å². The molecule has 1 fully saturated rings. The van der Waals surface area contributed by atoms with E-state index in [-0.39, 0.29) is 46.2 Å². The number of hydrogen-bond donors (Lipinski definition) is 1. The lowest BCUT2D eigenvalue weighted by Gasteiger charge is -2.34. The van der Waals surface area contributed by atoms with Crippen molar-refractivity contribution >= 4 is 35.0 Å². The highest BCUT2D eigenvalue weighted by atomic mass is 35.5. The molecule has 1 atom stereocenters. The van der Waals surface area contributed by atoms with Crippen LogP contribution >= 0.6 is 23.2 Å². The number of nitrogens with zero attached hydrogens (tertiary/aromatic N) is 4. The van der Waals surface area contributed by atoms with E-state index in [1.807, 2.05) is 30.3 Å². The van der Waals surface area contributed by atoms with Gasteiger partial charge in [0.1, 0.15) is 18.2 Å². The summed E-state index contributed by atoms with van der Waals surface area (Å²) in [5.74, 6) is -0.627. The average Bonchev–Trinajstić information content (AvgIpc) is 3.37. The molecule has 3 heterocycles. The Morgan fingerprint density at radius 2 is 1.76 bits per heavy atom. The Hall–Kier alpha value is -3.56. The Balaban J connectivity index is 1.42. The monoisotopic (exact) mass is 542 g/mol. The number of aromatic nitrogens is 2. The average molecular weight is 543 g/mol. The quantitative estimate of drug-likeness (QED) is 0.508. The molecular weight excluding hydrogens is 519 g/mol. The number of rotatable bonds is 6. The van der Waals surface area contributed by atoms with Crippen molar-refractivity contribution in [1.29, 1.82) is 0 Å². The van der Waals surface area contributed by atoms with Crippen LogP contribution in [0.2, 0.25) is 10.0 Å². The molecule has 2 aliphatic heterocycles. The summed E-state index contributed by atoms with van der Waals surface area (Å²) in [4.78, 5) is 46.6. The number of ether oxygens (including phenoxy) is 1. The van der Waals surface area contributed by atoms with E-state index in [9.17, 15) is 19.5 Å². The summed E-state index contributed by atoms with van der Waals surface area (Å²) < 4.78 is 7.26. The third-order valence-corrected chi connectivity index (χ3v) is 7.26. The number of benzene rings is 2. The van der Waals surface area contributed by atoms with E-state index < -0.39 is 23.3 Å². The second-order valence-corrected chi connectivity index (χ2v) is 9.65. The van der Waals surface area contributed by atoms with Crippen LogP contribution in [0, 0.1) is 0 Å². The van der Waals surface area contributed by atoms with Gasteiger partial charge in [0.25, 0.3) is 11.8 Å². The molecule has 37 heavy (non-hydrogen) atoms. The SMILES string of the molecule is O=C1c2c(O)c(=O)nc(C3CCCN3C(=O)c3c(Cl)cccc3Cl)n2CCN1CCOc1ccccc1. The van der Waals surface area contributed by atoms with Gasteiger partial charge in [-0.2, -0.15) is 4.98 Å². The molecule has 2 aliphatic rings. The molecule has 0 aliphatic carbocycles. The fraction of sp³-hybridized carbons (Fsp3) is 0.308. The Morgan fingerprint density at radius 3 is 2.49 bits per heavy atom. The Bertz CT molecular complexity index is 1390. The minimum absolute atomic E-state index is 0.129. The molecule has 1 saturated heterocycles. The fourth-order valence-electron chi connectivity index (χ4n) is 4.86. The van der Waals surface area contributed by atoms with Crippen molar-refractivity contribution in [2.24, 2.45) is 0 Å². The zero-order valence-corrected chi connectivity index (χ0v) is 21.3. The molecule has 1 aromatic heterocycles. The van der Waals surface area contributed by atoms with Crippen LogP contribution in [0.4, 0.5) is 0 Å². The number of likely N-dealkylation sites (tertiary alicyclic amines) is 1. The summed E-state index contributed by atoms with van der Waals surface area (Å²) in [6.07, 6.45) is 1.20. The van der Waals surface area contributed by atoms with Crippen LogP contribution < -0.4 is 10.3 Å². The van der Waals surface area contributed by atoms with Gasteiger partial charge in [0.15, 0.2) is 5.69 Å². The van der Waals surface area contributed by atoms with E-state index in [0.717, 1.165) is 0 Å². The molecule has 2 amide bonds. The molecule has 192 valence electrons. The van der Waals surface area contributed by atoms with Crippen molar-refractivity contribution in [3.8, 4) is 11.5 Å². The summed E-state index contributed by atoms with van der Waals surface area (Å²) in [5.41, 5.74) is -0.860. The van der Waals surface area contributed by atoms with Crippen LogP contribution in [0.15, 0.2) is 53.3 Å². The van der Waals surface area contributed by atoms with Gasteiger partial charge < -0.3 is 24.2 Å². The number of hydrogen-bond acceptors (Lipinski definition) is 6. The van der Waals surface area contributed by atoms with Crippen LogP contribution in [0.3, 0.4) is 0 Å². The van der Waals surface area contributed by atoms with Gasteiger partial charge in [-0.1, -0.05) is 47.5 Å². The number of aromatic hydroxyl groups is 1. The van der Waals surface area contributed by atoms with Gasteiger partial charge >= 0.3 is 5.56 Å². The van der Waals surface area contributed by atoms with Crippen LogP contribution in [0.1, 0.15) is 45.6 Å². The van der Waals surface area contributed by atoms with E-state index in [1.54, 1.807) is 27.7 Å². The molecule has 2 aromatic carbocycles. The summed E-state index contributed by atoms with van der Waals surface area (Å²) in [5, 5.41) is 11.0. The molecule has 11 heteroatoms. The van der Waals surface area contributed by atoms with Crippen LogP contribution in [-0.4, -0.2) is 62.5 Å². The van der Waals surface area contributed by atoms with Gasteiger partial charge in [0.2, 0.25) is 5.75 Å². The second-order valence-electron chi connectivity index (χ2n) is 8.83. The standard InChI is InChI=1S/C26H24Cl2N4O5/c27-17-8-4-9-18(28)20(17)25(35)31-11-5-10-19(31)23-29-24(34)22(33)21-26(36)30(12-13-32(21)23)14-15-37-16-6-2-1-3-7-16/h1-4,6-9,19,33H,5,10-15H2. The molecule has 3 aromatic rings. The predicted octanol–water partition coefficient (Wildman–Crippen LogP) is 3.77. The first-order valence-corrected chi connectivity index (χ1v) is 12.7. The molecule has 0 spiro atoms. The number of fused-ring (bicyclic) bond motifs is 1. The van der Waals surface area contributed by atoms with Crippen molar-refractivity contribution in [3.63, 3.8) is 0 Å². The van der Waals surface area contributed by atoms with Gasteiger partial charge in [0, 0.05) is 19.6 Å². The summed E-state index contributed by atoms with van der Waals surface area (Å²) in [6.45, 7) is 1.57. The van der Waals surface area contributed by atoms with Gasteiger partial charge in [-0.15, -0.1) is 0 Å². The molecule has 0 bridgehead atoms. The maximum atomic E-state index is 13.4. The zero-order chi connectivity index (χ0) is 26.1. The Labute approximate surface area is 222 Å².